The number of ether oxygens (including phenoxy) is 3. The number of esters is 1. The average molecular weight is 610 g/mol. The van der Waals surface area contributed by atoms with Crippen molar-refractivity contribution in [1.29, 1.82) is 5.41 Å². The normalized spacial score (nSPS) is 14.4. The monoisotopic (exact) mass is 609 g/mol. The molecule has 1 atom stereocenters. The average Bonchev–Trinajstić information content (AvgIpc) is 3.49. The van der Waals surface area contributed by atoms with Crippen molar-refractivity contribution in [2.24, 2.45) is 0 Å². The summed E-state index contributed by atoms with van der Waals surface area (Å²) in [6.07, 6.45) is 2.01. The lowest BCUT2D eigenvalue weighted by Gasteiger charge is -2.21. The van der Waals surface area contributed by atoms with Gasteiger partial charge >= 0.3 is 12.1 Å². The molecule has 0 aliphatic carbocycles. The molecule has 0 saturated carbocycles. The van der Waals surface area contributed by atoms with E-state index in [0.29, 0.717) is 42.4 Å². The molecule has 1 unspecified atom stereocenters. The van der Waals surface area contributed by atoms with Crippen LogP contribution in [-0.2, 0) is 20.7 Å². The molecule has 1 amide bonds. The predicted octanol–water partition coefficient (Wildman–Crippen LogP) is 6.07. The van der Waals surface area contributed by atoms with Gasteiger partial charge < -0.3 is 35.6 Å². The molecule has 234 valence electrons. The smallest absolute Gasteiger partial charge is 0.410 e. The van der Waals surface area contributed by atoms with Crippen LogP contribution >= 0.6 is 0 Å². The van der Waals surface area contributed by atoms with Gasteiger partial charge in [0.15, 0.2) is 0 Å². The third-order valence-corrected chi connectivity index (χ3v) is 7.60. The number of benzene rings is 3. The summed E-state index contributed by atoms with van der Waals surface area (Å²) in [6.45, 7) is 6.80. The van der Waals surface area contributed by atoms with Crippen molar-refractivity contribution in [3.63, 3.8) is 0 Å². The molecular weight excluding hydrogens is 570 g/mol. The summed E-state index contributed by atoms with van der Waals surface area (Å²) in [5, 5.41) is 14.5. The van der Waals surface area contributed by atoms with E-state index in [1.165, 1.54) is 0 Å². The zero-order valence-electron chi connectivity index (χ0n) is 25.8. The third kappa shape index (κ3) is 7.70. The van der Waals surface area contributed by atoms with Crippen LogP contribution in [0.5, 0.6) is 5.75 Å². The third-order valence-electron chi connectivity index (χ3n) is 7.60. The van der Waals surface area contributed by atoms with Crippen LogP contribution in [0, 0.1) is 5.41 Å². The molecule has 1 aliphatic rings. The highest BCUT2D eigenvalue weighted by molar-refractivity contribution is 6.05. The number of rotatable bonds is 11. The van der Waals surface area contributed by atoms with Gasteiger partial charge in [-0.15, -0.1) is 0 Å². The molecule has 0 spiro atoms. The molecule has 4 N–H and O–H groups in total. The highest BCUT2D eigenvalue weighted by atomic mass is 16.6. The molecule has 1 aromatic heterocycles. The van der Waals surface area contributed by atoms with Crippen LogP contribution < -0.4 is 15.8 Å². The van der Waals surface area contributed by atoms with Gasteiger partial charge in [0.05, 0.1) is 24.8 Å². The Morgan fingerprint density at radius 3 is 2.67 bits per heavy atom. The number of nitrogen functional groups attached to an aromatic ring is 1. The summed E-state index contributed by atoms with van der Waals surface area (Å²) in [4.78, 5) is 30.6. The molecule has 5 rings (SSSR count). The second-order valence-electron chi connectivity index (χ2n) is 11.3. The van der Waals surface area contributed by atoms with Gasteiger partial charge in [-0.25, -0.2) is 9.78 Å². The van der Waals surface area contributed by atoms with Crippen molar-refractivity contribution in [1.82, 2.24) is 9.88 Å². The van der Waals surface area contributed by atoms with Crippen molar-refractivity contribution in [3.05, 3.63) is 84.1 Å². The van der Waals surface area contributed by atoms with E-state index in [4.69, 9.17) is 25.4 Å². The molecule has 3 aromatic carbocycles. The van der Waals surface area contributed by atoms with E-state index < -0.39 is 0 Å². The van der Waals surface area contributed by atoms with Gasteiger partial charge in [-0.3, -0.25) is 4.79 Å². The van der Waals surface area contributed by atoms with Crippen LogP contribution in [0.25, 0.3) is 21.9 Å². The lowest BCUT2D eigenvalue weighted by Crippen LogP contribution is -2.33. The first-order chi connectivity index (χ1) is 21.7. The van der Waals surface area contributed by atoms with E-state index in [1.807, 2.05) is 74.5 Å². The van der Waals surface area contributed by atoms with Crippen molar-refractivity contribution in [2.75, 3.05) is 37.4 Å². The molecule has 45 heavy (non-hydrogen) atoms. The Kier molecular flexibility index (Phi) is 9.82. The van der Waals surface area contributed by atoms with Gasteiger partial charge in [0.2, 0.25) is 0 Å². The molecule has 0 bridgehead atoms. The second kappa shape index (κ2) is 14.1. The van der Waals surface area contributed by atoms with Crippen LogP contribution in [-0.4, -0.2) is 66.1 Å². The van der Waals surface area contributed by atoms with Crippen LogP contribution in [0.3, 0.4) is 0 Å². The lowest BCUT2D eigenvalue weighted by molar-refractivity contribution is -0.142. The molecule has 10 heteroatoms. The van der Waals surface area contributed by atoms with E-state index in [-0.39, 0.29) is 42.9 Å². The Balaban J connectivity index is 1.41. The molecule has 4 aromatic rings. The number of hydrogen-bond donors (Lipinski definition) is 3. The number of aromatic nitrogens is 1. The van der Waals surface area contributed by atoms with Gasteiger partial charge in [-0.05, 0) is 74.0 Å². The molecule has 0 radical (unpaired) electrons. The van der Waals surface area contributed by atoms with E-state index in [9.17, 15) is 9.59 Å². The SMILES string of the molecule is CCOC(=O)Cc1ccccc1OCC(=N)c1cc(-c2ccc3ccnc(N)c3c2)ccc1NC1CCN(C(=O)OC(C)C)C1. The Bertz CT molecular complexity index is 1710. The van der Waals surface area contributed by atoms with Gasteiger partial charge in [-0.1, -0.05) is 36.4 Å². The van der Waals surface area contributed by atoms with Crippen molar-refractivity contribution >= 4 is 40.1 Å². The Morgan fingerprint density at radius 2 is 1.87 bits per heavy atom. The van der Waals surface area contributed by atoms with Crippen molar-refractivity contribution < 1.29 is 23.8 Å². The topological polar surface area (TPSA) is 140 Å². The minimum atomic E-state index is -0.336. The zero-order chi connectivity index (χ0) is 31.9. The first kappa shape index (κ1) is 31.3. The Morgan fingerprint density at radius 1 is 1.09 bits per heavy atom. The zero-order valence-corrected chi connectivity index (χ0v) is 25.8. The maximum atomic E-state index is 12.5. The number of carbonyl (C=O) groups excluding carboxylic acids is 2. The standard InChI is InChI=1S/C35H39N5O5/c1-4-43-33(41)19-26-7-5-6-8-32(26)44-21-30(36)29-18-25(24-10-9-23-13-15-38-34(37)28(23)17-24)11-12-31(29)39-27-14-16-40(20-27)35(42)45-22(2)3/h5-13,15,17-18,22,27,36,39H,4,14,16,19-21H2,1-3H3,(H2,37,38). The van der Waals surface area contributed by atoms with Crippen LogP contribution in [0.2, 0.25) is 0 Å². The van der Waals surface area contributed by atoms with E-state index in [0.717, 1.165) is 34.0 Å². The fourth-order valence-electron chi connectivity index (χ4n) is 5.40. The first-order valence-electron chi connectivity index (χ1n) is 15.2. The van der Waals surface area contributed by atoms with Crippen LogP contribution in [0.15, 0.2) is 72.9 Å². The summed E-state index contributed by atoms with van der Waals surface area (Å²) in [6, 6.07) is 21.1. The first-order valence-corrected chi connectivity index (χ1v) is 15.2. The van der Waals surface area contributed by atoms with E-state index in [2.05, 4.69) is 10.3 Å². The number of nitrogens with zero attached hydrogens (tertiary/aromatic N) is 2. The van der Waals surface area contributed by atoms with Gasteiger partial charge in [-0.2, -0.15) is 0 Å². The minimum Gasteiger partial charge on any atom is -0.487 e. The van der Waals surface area contributed by atoms with Crippen LogP contribution in [0.4, 0.5) is 16.3 Å². The number of nitrogens with one attached hydrogen (secondary N) is 2. The number of pyridine rings is 1. The summed E-state index contributed by atoms with van der Waals surface area (Å²) in [5.74, 6) is 0.641. The number of nitrogens with two attached hydrogens (primary N) is 1. The van der Waals surface area contributed by atoms with E-state index in [1.54, 1.807) is 24.1 Å². The lowest BCUT2D eigenvalue weighted by atomic mass is 9.97. The second-order valence-corrected chi connectivity index (χ2v) is 11.3. The maximum Gasteiger partial charge on any atom is 0.410 e. The summed E-state index contributed by atoms with van der Waals surface area (Å²) >= 11 is 0. The van der Waals surface area contributed by atoms with Crippen molar-refractivity contribution in [3.8, 4) is 16.9 Å². The van der Waals surface area contributed by atoms with Gasteiger partial charge in [0.1, 0.15) is 18.2 Å². The maximum absolute atomic E-state index is 12.5. The molecule has 10 nitrogen and oxygen atoms in total. The fourth-order valence-corrected chi connectivity index (χ4v) is 5.40. The molecule has 1 aliphatic heterocycles. The number of para-hydroxylation sites is 1. The Labute approximate surface area is 263 Å². The molecule has 1 fully saturated rings. The number of hydrogen-bond acceptors (Lipinski definition) is 9. The summed E-state index contributed by atoms with van der Waals surface area (Å²) in [7, 11) is 0. The number of amides is 1. The van der Waals surface area contributed by atoms with Gasteiger partial charge in [0.25, 0.3) is 0 Å². The predicted molar refractivity (Wildman–Crippen MR) is 176 cm³/mol. The van der Waals surface area contributed by atoms with Crippen LogP contribution in [0.1, 0.15) is 38.3 Å². The summed E-state index contributed by atoms with van der Waals surface area (Å²) < 4.78 is 16.6. The highest BCUT2D eigenvalue weighted by Crippen LogP contribution is 2.31. The summed E-state index contributed by atoms with van der Waals surface area (Å²) in [5.41, 5.74) is 10.4. The quantitative estimate of drug-likeness (QED) is 0.138. The number of anilines is 2. The fraction of sp³-hybridized carbons (Fsp3) is 0.314. The largest absolute Gasteiger partial charge is 0.487 e. The minimum absolute atomic E-state index is 0.0140. The van der Waals surface area contributed by atoms with Gasteiger partial charge in [0, 0.05) is 47.5 Å². The van der Waals surface area contributed by atoms with Crippen molar-refractivity contribution in [2.45, 2.75) is 45.8 Å². The highest BCUT2D eigenvalue weighted by Gasteiger charge is 2.28. The Hall–Kier alpha value is -5.12. The molecular formula is C35H39N5O5. The molecule has 1 saturated heterocycles. The number of fused-ring (bicyclic) bond motifs is 1. The number of likely N-dealkylation sites (tertiary alicyclic amines) is 1. The van der Waals surface area contributed by atoms with E-state index >= 15 is 0 Å². The molecule has 2 heterocycles. The number of carbonyl (C=O) groups is 2.